The van der Waals surface area contributed by atoms with E-state index in [2.05, 4.69) is 0 Å². The van der Waals surface area contributed by atoms with Gasteiger partial charge in [-0.15, -0.1) is 0 Å². The van der Waals surface area contributed by atoms with Crippen molar-refractivity contribution in [3.63, 3.8) is 0 Å². The fourth-order valence-electron chi connectivity index (χ4n) is 4.79. The van der Waals surface area contributed by atoms with Gasteiger partial charge in [0.15, 0.2) is 0 Å². The number of allylic oxidation sites excluding steroid dienone is 2. The van der Waals surface area contributed by atoms with Crippen LogP contribution in [0, 0.1) is 11.8 Å². The molecule has 0 atom stereocenters. The quantitative estimate of drug-likeness (QED) is 0.523. The van der Waals surface area contributed by atoms with Gasteiger partial charge in [0.05, 0.1) is 0 Å². The lowest BCUT2D eigenvalue weighted by atomic mass is 9.71. The van der Waals surface area contributed by atoms with E-state index in [1.807, 2.05) is 11.1 Å². The zero-order valence-corrected chi connectivity index (χ0v) is 12.1. The van der Waals surface area contributed by atoms with Gasteiger partial charge < -0.3 is 0 Å². The van der Waals surface area contributed by atoms with Gasteiger partial charge in [-0.2, -0.15) is 0 Å². The molecule has 3 rings (SSSR count). The molecule has 0 aromatic rings. The summed E-state index contributed by atoms with van der Waals surface area (Å²) < 4.78 is 0. The van der Waals surface area contributed by atoms with Crippen molar-refractivity contribution in [2.45, 2.75) is 89.9 Å². The van der Waals surface area contributed by atoms with E-state index in [0.717, 1.165) is 11.8 Å². The molecule has 0 nitrogen and oxygen atoms in total. The topological polar surface area (TPSA) is 0 Å². The predicted octanol–water partition coefficient (Wildman–Crippen LogP) is 6.02. The van der Waals surface area contributed by atoms with Gasteiger partial charge in [0.25, 0.3) is 0 Å². The van der Waals surface area contributed by atoms with Crippen LogP contribution in [-0.4, -0.2) is 0 Å². The molecular formula is C18H30. The summed E-state index contributed by atoms with van der Waals surface area (Å²) in [4.78, 5) is 0. The molecule has 18 heavy (non-hydrogen) atoms. The first-order valence-electron chi connectivity index (χ1n) is 8.67. The summed E-state index contributed by atoms with van der Waals surface area (Å²) >= 11 is 0. The first-order chi connectivity index (χ1) is 8.95. The maximum Gasteiger partial charge on any atom is -0.0200 e. The molecule has 0 N–H and O–H groups in total. The van der Waals surface area contributed by atoms with E-state index in [9.17, 15) is 0 Å². The highest BCUT2D eigenvalue weighted by Crippen LogP contribution is 2.43. The van der Waals surface area contributed by atoms with Crippen LogP contribution in [0.2, 0.25) is 0 Å². The van der Waals surface area contributed by atoms with Crippen molar-refractivity contribution < 1.29 is 0 Å². The molecule has 0 aromatic heterocycles. The van der Waals surface area contributed by atoms with Gasteiger partial charge >= 0.3 is 0 Å². The summed E-state index contributed by atoms with van der Waals surface area (Å²) in [6, 6.07) is 0. The Balaban J connectivity index is 1.77. The van der Waals surface area contributed by atoms with Crippen LogP contribution in [0.25, 0.3) is 0 Å². The normalized spacial score (nSPS) is 28.7. The van der Waals surface area contributed by atoms with Gasteiger partial charge in [0.1, 0.15) is 0 Å². The largest absolute Gasteiger partial charge is 0.0676 e. The molecule has 0 aromatic carbocycles. The highest BCUT2D eigenvalue weighted by Gasteiger charge is 2.27. The second-order valence-electron chi connectivity index (χ2n) is 6.93. The zero-order valence-electron chi connectivity index (χ0n) is 12.1. The van der Waals surface area contributed by atoms with Crippen LogP contribution in [0.1, 0.15) is 89.9 Å². The third-order valence-electron chi connectivity index (χ3n) is 5.75. The van der Waals surface area contributed by atoms with Crippen molar-refractivity contribution in [2.24, 2.45) is 11.8 Å². The van der Waals surface area contributed by atoms with E-state index in [1.54, 1.807) is 0 Å². The Morgan fingerprint density at radius 1 is 0.444 bits per heavy atom. The molecule has 2 fully saturated rings. The van der Waals surface area contributed by atoms with Crippen molar-refractivity contribution >= 4 is 0 Å². The Bertz CT molecular complexity index is 257. The predicted molar refractivity (Wildman–Crippen MR) is 78.6 cm³/mol. The molecule has 0 bridgehead atoms. The van der Waals surface area contributed by atoms with Crippen LogP contribution >= 0.6 is 0 Å². The van der Waals surface area contributed by atoms with Crippen molar-refractivity contribution in [3.05, 3.63) is 11.1 Å². The van der Waals surface area contributed by atoms with E-state index in [4.69, 9.17) is 0 Å². The van der Waals surface area contributed by atoms with Crippen molar-refractivity contribution in [1.82, 2.24) is 0 Å². The summed E-state index contributed by atoms with van der Waals surface area (Å²) in [7, 11) is 0. The summed E-state index contributed by atoms with van der Waals surface area (Å²) in [6.07, 6.45) is 21.0. The van der Waals surface area contributed by atoms with Gasteiger partial charge in [-0.3, -0.25) is 0 Å². The molecular weight excluding hydrogens is 216 g/mol. The third kappa shape index (κ3) is 2.83. The van der Waals surface area contributed by atoms with Crippen LogP contribution in [0.15, 0.2) is 11.1 Å². The van der Waals surface area contributed by atoms with Crippen LogP contribution in [0.4, 0.5) is 0 Å². The van der Waals surface area contributed by atoms with Crippen LogP contribution < -0.4 is 0 Å². The number of rotatable bonds is 2. The second-order valence-corrected chi connectivity index (χ2v) is 6.93. The molecule has 0 aliphatic heterocycles. The molecule has 0 saturated heterocycles. The third-order valence-corrected chi connectivity index (χ3v) is 5.75. The Morgan fingerprint density at radius 2 is 0.833 bits per heavy atom. The van der Waals surface area contributed by atoms with Gasteiger partial charge in [-0.25, -0.2) is 0 Å². The zero-order chi connectivity index (χ0) is 12.2. The SMILES string of the molecule is C1CCC(C2=C(C3CCCCC3)CCCC2)CC1. The van der Waals surface area contributed by atoms with Crippen molar-refractivity contribution in [1.29, 1.82) is 0 Å². The van der Waals surface area contributed by atoms with E-state index < -0.39 is 0 Å². The lowest BCUT2D eigenvalue weighted by Gasteiger charge is -2.35. The van der Waals surface area contributed by atoms with Crippen LogP contribution in [0.5, 0.6) is 0 Å². The molecule has 3 aliphatic rings. The standard InChI is InChI=1S/C18H30/c1-3-9-15(10-4-1)17-13-7-8-14-18(17)16-11-5-2-6-12-16/h15-16H,1-14H2. The fourth-order valence-corrected chi connectivity index (χ4v) is 4.79. The molecule has 0 radical (unpaired) electrons. The summed E-state index contributed by atoms with van der Waals surface area (Å²) in [5.74, 6) is 2.02. The molecule has 3 aliphatic carbocycles. The van der Waals surface area contributed by atoms with E-state index in [1.165, 1.54) is 89.9 Å². The molecule has 0 heteroatoms. The van der Waals surface area contributed by atoms with Crippen molar-refractivity contribution in [2.75, 3.05) is 0 Å². The molecule has 0 amide bonds. The first-order valence-corrected chi connectivity index (χ1v) is 8.67. The number of hydrogen-bond donors (Lipinski definition) is 0. The minimum Gasteiger partial charge on any atom is -0.0676 e. The monoisotopic (exact) mass is 246 g/mol. The van der Waals surface area contributed by atoms with Gasteiger partial charge in [0, 0.05) is 0 Å². The first kappa shape index (κ1) is 12.8. The summed E-state index contributed by atoms with van der Waals surface area (Å²) in [5.41, 5.74) is 3.96. The Labute approximate surface area is 113 Å². The Hall–Kier alpha value is -0.260. The maximum absolute atomic E-state index is 1.98. The Morgan fingerprint density at radius 3 is 1.22 bits per heavy atom. The van der Waals surface area contributed by atoms with Gasteiger partial charge in [-0.05, 0) is 63.2 Å². The van der Waals surface area contributed by atoms with Gasteiger partial charge in [-0.1, -0.05) is 49.7 Å². The van der Waals surface area contributed by atoms with E-state index >= 15 is 0 Å². The minimum atomic E-state index is 1.01. The van der Waals surface area contributed by atoms with Crippen LogP contribution in [-0.2, 0) is 0 Å². The molecule has 2 saturated carbocycles. The summed E-state index contributed by atoms with van der Waals surface area (Å²) in [5, 5.41) is 0. The van der Waals surface area contributed by atoms with Crippen LogP contribution in [0.3, 0.4) is 0 Å². The Kier molecular flexibility index (Phi) is 4.44. The fraction of sp³-hybridized carbons (Fsp3) is 0.889. The average molecular weight is 246 g/mol. The average Bonchev–Trinajstić information content (AvgIpc) is 2.49. The molecule has 0 spiro atoms. The van der Waals surface area contributed by atoms with E-state index in [0.29, 0.717) is 0 Å². The molecule has 0 unspecified atom stereocenters. The smallest absolute Gasteiger partial charge is 0.0200 e. The molecule has 102 valence electrons. The summed E-state index contributed by atoms with van der Waals surface area (Å²) in [6.45, 7) is 0. The highest BCUT2D eigenvalue weighted by molar-refractivity contribution is 5.23. The maximum atomic E-state index is 1.98. The number of hydrogen-bond acceptors (Lipinski definition) is 0. The molecule has 0 heterocycles. The second kappa shape index (κ2) is 6.26. The lowest BCUT2D eigenvalue weighted by molar-refractivity contribution is 0.349. The lowest BCUT2D eigenvalue weighted by Crippen LogP contribution is -2.19. The van der Waals surface area contributed by atoms with Crippen molar-refractivity contribution in [3.8, 4) is 0 Å². The highest BCUT2D eigenvalue weighted by atomic mass is 14.3. The van der Waals surface area contributed by atoms with Gasteiger partial charge in [0.2, 0.25) is 0 Å². The minimum absolute atomic E-state index is 1.01. The van der Waals surface area contributed by atoms with E-state index in [-0.39, 0.29) is 0 Å².